The van der Waals surface area contributed by atoms with E-state index in [1.165, 1.54) is 25.1 Å². The number of nitrogens with one attached hydrogen (secondary N) is 1. The molecule has 0 aliphatic heterocycles. The number of nitro groups is 1. The Hall–Kier alpha value is -2.24. The first-order valence-electron chi connectivity index (χ1n) is 5.03. The van der Waals surface area contributed by atoms with Crippen LogP contribution in [0.15, 0.2) is 24.3 Å². The molecule has 0 unspecified atom stereocenters. The Bertz CT molecular complexity index is 457. The Morgan fingerprint density at radius 2 is 2.06 bits per heavy atom. The fraction of sp³-hybridized carbons (Fsp3) is 0.273. The van der Waals surface area contributed by atoms with Gasteiger partial charge in [0.05, 0.1) is 4.92 Å². The van der Waals surface area contributed by atoms with Crippen LogP contribution >= 0.6 is 0 Å². The highest BCUT2D eigenvalue weighted by atomic mass is 16.6. The van der Waals surface area contributed by atoms with E-state index in [1.54, 1.807) is 6.07 Å². The van der Waals surface area contributed by atoms with Crippen LogP contribution in [0.3, 0.4) is 0 Å². The molecule has 1 N–H and O–H groups in total. The molecule has 0 fully saturated rings. The van der Waals surface area contributed by atoms with Gasteiger partial charge in [-0.2, -0.15) is 0 Å². The molecule has 0 bridgehead atoms. The number of nitrogens with zero attached hydrogens (tertiary/aromatic N) is 1. The van der Waals surface area contributed by atoms with Gasteiger partial charge in [-0.1, -0.05) is 6.07 Å². The third kappa shape index (κ3) is 4.42. The van der Waals surface area contributed by atoms with Crippen LogP contribution in [-0.2, 0) is 9.59 Å². The largest absolute Gasteiger partial charge is 0.326 e. The molecule has 0 saturated carbocycles. The quantitative estimate of drug-likeness (QED) is 0.624. The van der Waals surface area contributed by atoms with Crippen LogP contribution in [0.1, 0.15) is 19.8 Å². The molecular formula is C11H12N2O4. The second kappa shape index (κ2) is 5.74. The van der Waals surface area contributed by atoms with Gasteiger partial charge in [-0.3, -0.25) is 14.9 Å². The molecule has 17 heavy (non-hydrogen) atoms. The molecule has 0 saturated heterocycles. The Morgan fingerprint density at radius 1 is 1.35 bits per heavy atom. The first-order chi connectivity index (χ1) is 7.99. The number of anilines is 1. The number of nitro benzene ring substituents is 1. The van der Waals surface area contributed by atoms with Crippen LogP contribution in [-0.4, -0.2) is 16.6 Å². The summed E-state index contributed by atoms with van der Waals surface area (Å²) < 4.78 is 0. The molecule has 1 aromatic carbocycles. The van der Waals surface area contributed by atoms with Crippen molar-refractivity contribution < 1.29 is 14.5 Å². The van der Waals surface area contributed by atoms with Gasteiger partial charge in [0, 0.05) is 30.7 Å². The van der Waals surface area contributed by atoms with Crippen LogP contribution in [0.4, 0.5) is 11.4 Å². The maximum Gasteiger partial charge on any atom is 0.271 e. The molecular weight excluding hydrogens is 224 g/mol. The minimum atomic E-state index is -0.536. The number of rotatable bonds is 5. The number of amides is 1. The molecule has 1 rings (SSSR count). The minimum absolute atomic E-state index is 0.0702. The molecule has 1 amide bonds. The summed E-state index contributed by atoms with van der Waals surface area (Å²) in [5, 5.41) is 13.0. The zero-order chi connectivity index (χ0) is 12.8. The van der Waals surface area contributed by atoms with Gasteiger partial charge in [-0.25, -0.2) is 0 Å². The van der Waals surface area contributed by atoms with E-state index >= 15 is 0 Å². The zero-order valence-electron chi connectivity index (χ0n) is 9.30. The SMILES string of the molecule is CC(=O)CCC(=O)Nc1cccc([N+](=O)[O-])c1. The number of ketones is 1. The van der Waals surface area contributed by atoms with Crippen LogP contribution in [0.5, 0.6) is 0 Å². The maximum absolute atomic E-state index is 11.4. The van der Waals surface area contributed by atoms with E-state index in [0.29, 0.717) is 5.69 Å². The Kier molecular flexibility index (Phi) is 4.33. The van der Waals surface area contributed by atoms with Crippen molar-refractivity contribution in [2.45, 2.75) is 19.8 Å². The lowest BCUT2D eigenvalue weighted by Crippen LogP contribution is -2.12. The third-order valence-electron chi connectivity index (χ3n) is 2.04. The van der Waals surface area contributed by atoms with Gasteiger partial charge in [-0.15, -0.1) is 0 Å². The zero-order valence-corrected chi connectivity index (χ0v) is 9.30. The first-order valence-corrected chi connectivity index (χ1v) is 5.03. The van der Waals surface area contributed by atoms with Gasteiger partial charge < -0.3 is 10.1 Å². The van der Waals surface area contributed by atoms with Crippen molar-refractivity contribution in [2.24, 2.45) is 0 Å². The summed E-state index contributed by atoms with van der Waals surface area (Å²) in [6, 6.07) is 5.65. The molecule has 0 radical (unpaired) electrons. The molecule has 6 heteroatoms. The summed E-state index contributed by atoms with van der Waals surface area (Å²) in [6.07, 6.45) is 0.249. The van der Waals surface area contributed by atoms with Crippen molar-refractivity contribution in [3.63, 3.8) is 0 Å². The number of hydrogen-bond acceptors (Lipinski definition) is 4. The minimum Gasteiger partial charge on any atom is -0.326 e. The monoisotopic (exact) mass is 236 g/mol. The molecule has 1 aromatic rings. The Morgan fingerprint density at radius 3 is 2.65 bits per heavy atom. The summed E-state index contributed by atoms with van der Waals surface area (Å²) in [7, 11) is 0. The van der Waals surface area contributed by atoms with Gasteiger partial charge in [0.25, 0.3) is 5.69 Å². The summed E-state index contributed by atoms with van der Waals surface area (Å²) in [5.74, 6) is -0.403. The van der Waals surface area contributed by atoms with Gasteiger partial charge in [-0.05, 0) is 13.0 Å². The van der Waals surface area contributed by atoms with Gasteiger partial charge in [0.1, 0.15) is 5.78 Å². The molecule has 0 atom stereocenters. The van der Waals surface area contributed by atoms with Gasteiger partial charge >= 0.3 is 0 Å². The first kappa shape index (κ1) is 12.8. The normalized spacial score (nSPS) is 9.71. The Labute approximate surface area is 97.8 Å². The van der Waals surface area contributed by atoms with Crippen LogP contribution in [0, 0.1) is 10.1 Å². The highest BCUT2D eigenvalue weighted by Crippen LogP contribution is 2.17. The smallest absolute Gasteiger partial charge is 0.271 e. The predicted molar refractivity (Wildman–Crippen MR) is 61.6 cm³/mol. The number of carbonyl (C=O) groups excluding carboxylic acids is 2. The summed E-state index contributed by atoms with van der Waals surface area (Å²) >= 11 is 0. The molecule has 0 heterocycles. The molecule has 0 aliphatic rings. The summed E-state index contributed by atoms with van der Waals surface area (Å²) in [5.41, 5.74) is 0.266. The van der Waals surface area contributed by atoms with Gasteiger partial charge in [0.15, 0.2) is 0 Å². The second-order valence-electron chi connectivity index (χ2n) is 3.56. The summed E-state index contributed by atoms with van der Waals surface area (Å²) in [4.78, 5) is 32.0. The van der Waals surface area contributed by atoms with Crippen molar-refractivity contribution in [3.8, 4) is 0 Å². The fourth-order valence-corrected chi connectivity index (χ4v) is 1.21. The topological polar surface area (TPSA) is 89.3 Å². The van der Waals surface area contributed by atoms with E-state index in [4.69, 9.17) is 0 Å². The van der Waals surface area contributed by atoms with Crippen molar-refractivity contribution in [3.05, 3.63) is 34.4 Å². The number of hydrogen-bond donors (Lipinski definition) is 1. The number of benzene rings is 1. The fourth-order valence-electron chi connectivity index (χ4n) is 1.21. The lowest BCUT2D eigenvalue weighted by Gasteiger charge is -2.03. The van der Waals surface area contributed by atoms with E-state index in [0.717, 1.165) is 0 Å². The van der Waals surface area contributed by atoms with Crippen molar-refractivity contribution >= 4 is 23.1 Å². The van der Waals surface area contributed by atoms with Crippen molar-refractivity contribution in [2.75, 3.05) is 5.32 Å². The average molecular weight is 236 g/mol. The van der Waals surface area contributed by atoms with E-state index in [2.05, 4.69) is 5.32 Å². The highest BCUT2D eigenvalue weighted by molar-refractivity contribution is 5.93. The van der Waals surface area contributed by atoms with E-state index in [-0.39, 0.29) is 30.2 Å². The van der Waals surface area contributed by atoms with Crippen LogP contribution in [0.25, 0.3) is 0 Å². The molecule has 0 aromatic heterocycles. The number of carbonyl (C=O) groups is 2. The van der Waals surface area contributed by atoms with Crippen LogP contribution in [0.2, 0.25) is 0 Å². The lowest BCUT2D eigenvalue weighted by atomic mass is 10.2. The predicted octanol–water partition coefficient (Wildman–Crippen LogP) is 1.90. The van der Waals surface area contributed by atoms with E-state index in [9.17, 15) is 19.7 Å². The highest BCUT2D eigenvalue weighted by Gasteiger charge is 2.08. The number of non-ortho nitro benzene ring substituents is 1. The van der Waals surface area contributed by atoms with E-state index < -0.39 is 4.92 Å². The standard InChI is InChI=1S/C11H12N2O4/c1-8(14)5-6-11(15)12-9-3-2-4-10(7-9)13(16)17/h2-4,7H,5-6H2,1H3,(H,12,15). The average Bonchev–Trinajstić information content (AvgIpc) is 2.26. The van der Waals surface area contributed by atoms with Crippen molar-refractivity contribution in [1.29, 1.82) is 0 Å². The molecule has 0 aliphatic carbocycles. The number of Topliss-reactive ketones (excluding diaryl/α,β-unsaturated/α-hetero) is 1. The maximum atomic E-state index is 11.4. The summed E-state index contributed by atoms with van der Waals surface area (Å²) in [6.45, 7) is 1.40. The molecule has 6 nitrogen and oxygen atoms in total. The molecule has 0 spiro atoms. The van der Waals surface area contributed by atoms with Crippen molar-refractivity contribution in [1.82, 2.24) is 0 Å². The second-order valence-corrected chi connectivity index (χ2v) is 3.56. The lowest BCUT2D eigenvalue weighted by molar-refractivity contribution is -0.384. The van der Waals surface area contributed by atoms with E-state index in [1.807, 2.05) is 0 Å². The van der Waals surface area contributed by atoms with Gasteiger partial charge in [0.2, 0.25) is 5.91 Å². The van der Waals surface area contributed by atoms with Crippen LogP contribution < -0.4 is 5.32 Å². The molecule has 90 valence electrons. The third-order valence-corrected chi connectivity index (χ3v) is 2.04. The Balaban J connectivity index is 2.62.